The Morgan fingerprint density at radius 2 is 1.76 bits per heavy atom. The Morgan fingerprint density at radius 1 is 1.16 bits per heavy atom. The van der Waals surface area contributed by atoms with Crippen molar-refractivity contribution in [3.63, 3.8) is 0 Å². The van der Waals surface area contributed by atoms with E-state index < -0.39 is 5.60 Å². The molecule has 4 nitrogen and oxygen atoms in total. The van der Waals surface area contributed by atoms with Gasteiger partial charge in [-0.15, -0.1) is 0 Å². The first-order valence-electron chi connectivity index (χ1n) is 9.59. The molecular weight excluding hydrogens is 312 g/mol. The van der Waals surface area contributed by atoms with Crippen molar-refractivity contribution in [3.05, 3.63) is 35.9 Å². The SMILES string of the molecule is CN(C(=O)OC(C)(C)C)C1C[C@H]2CCC[C@@H](C1)N2Cc1ccccc1. The number of ether oxygens (including phenoxy) is 1. The van der Waals surface area contributed by atoms with Gasteiger partial charge < -0.3 is 9.64 Å². The van der Waals surface area contributed by atoms with Gasteiger partial charge in [0.2, 0.25) is 0 Å². The molecule has 0 aromatic heterocycles. The second-order valence-electron chi connectivity index (χ2n) is 8.61. The van der Waals surface area contributed by atoms with Crippen molar-refractivity contribution >= 4 is 6.09 Å². The number of rotatable bonds is 3. The molecule has 2 fully saturated rings. The molecule has 0 aliphatic carbocycles. The van der Waals surface area contributed by atoms with Crippen LogP contribution >= 0.6 is 0 Å². The number of nitrogens with zero attached hydrogens (tertiary/aromatic N) is 2. The number of hydrogen-bond acceptors (Lipinski definition) is 3. The highest BCUT2D eigenvalue weighted by Gasteiger charge is 2.40. The summed E-state index contributed by atoms with van der Waals surface area (Å²) in [6.07, 6.45) is 5.71. The second kappa shape index (κ2) is 7.36. The minimum absolute atomic E-state index is 0.188. The van der Waals surface area contributed by atoms with Gasteiger partial charge in [-0.1, -0.05) is 36.8 Å². The Morgan fingerprint density at radius 3 is 2.32 bits per heavy atom. The molecule has 2 aliphatic rings. The first-order valence-corrected chi connectivity index (χ1v) is 9.59. The van der Waals surface area contributed by atoms with Gasteiger partial charge in [0.1, 0.15) is 5.60 Å². The van der Waals surface area contributed by atoms with E-state index in [2.05, 4.69) is 35.2 Å². The van der Waals surface area contributed by atoms with E-state index in [4.69, 9.17) is 4.74 Å². The van der Waals surface area contributed by atoms with E-state index in [1.807, 2.05) is 32.7 Å². The summed E-state index contributed by atoms with van der Waals surface area (Å²) in [5.74, 6) is 0. The molecular formula is C21H32N2O2. The highest BCUT2D eigenvalue weighted by Crippen LogP contribution is 2.37. The number of piperidine rings is 2. The van der Waals surface area contributed by atoms with Crippen LogP contribution in [0.25, 0.3) is 0 Å². The molecule has 0 spiro atoms. The molecule has 4 heteroatoms. The summed E-state index contributed by atoms with van der Waals surface area (Å²) in [4.78, 5) is 17.0. The number of hydrogen-bond donors (Lipinski definition) is 0. The largest absolute Gasteiger partial charge is 0.444 e. The summed E-state index contributed by atoms with van der Waals surface area (Å²) in [6, 6.07) is 12.2. The molecule has 1 aromatic rings. The molecule has 0 saturated carbocycles. The average Bonchev–Trinajstić information content (AvgIpc) is 2.53. The predicted molar refractivity (Wildman–Crippen MR) is 100 cm³/mol. The van der Waals surface area contributed by atoms with Crippen molar-refractivity contribution in [1.29, 1.82) is 0 Å². The van der Waals surface area contributed by atoms with Gasteiger partial charge in [-0.05, 0) is 52.0 Å². The van der Waals surface area contributed by atoms with Gasteiger partial charge in [0.15, 0.2) is 0 Å². The van der Waals surface area contributed by atoms with Crippen LogP contribution in [0, 0.1) is 0 Å². The molecule has 3 rings (SSSR count). The van der Waals surface area contributed by atoms with E-state index in [1.54, 1.807) is 0 Å². The maximum absolute atomic E-state index is 12.4. The zero-order valence-electron chi connectivity index (χ0n) is 16.1. The second-order valence-corrected chi connectivity index (χ2v) is 8.61. The Kier molecular flexibility index (Phi) is 5.38. The van der Waals surface area contributed by atoms with Crippen molar-refractivity contribution in [3.8, 4) is 0 Å². The zero-order valence-corrected chi connectivity index (χ0v) is 16.1. The molecule has 0 radical (unpaired) electrons. The quantitative estimate of drug-likeness (QED) is 0.813. The summed E-state index contributed by atoms with van der Waals surface area (Å²) in [5, 5.41) is 0. The predicted octanol–water partition coefficient (Wildman–Crippen LogP) is 4.44. The Balaban J connectivity index is 1.65. The monoisotopic (exact) mass is 344 g/mol. The van der Waals surface area contributed by atoms with Crippen molar-refractivity contribution in [1.82, 2.24) is 9.80 Å². The lowest BCUT2D eigenvalue weighted by molar-refractivity contribution is -0.0221. The maximum atomic E-state index is 12.4. The fourth-order valence-corrected chi connectivity index (χ4v) is 4.30. The zero-order chi connectivity index (χ0) is 18.0. The van der Waals surface area contributed by atoms with Crippen LogP contribution in [0.5, 0.6) is 0 Å². The standard InChI is InChI=1S/C21H32N2O2/c1-21(2,3)25-20(24)22(4)19-13-17-11-8-12-18(14-19)23(17)15-16-9-6-5-7-10-16/h5-7,9-10,17-19H,8,11-15H2,1-4H3/t17-,18+,19?. The first kappa shape index (κ1) is 18.2. The molecule has 1 amide bonds. The highest BCUT2D eigenvalue weighted by molar-refractivity contribution is 5.68. The third kappa shape index (κ3) is 4.55. The highest BCUT2D eigenvalue weighted by atomic mass is 16.6. The molecule has 2 aliphatic heterocycles. The fraction of sp³-hybridized carbons (Fsp3) is 0.667. The van der Waals surface area contributed by atoms with Crippen molar-refractivity contribution in [2.75, 3.05) is 7.05 Å². The lowest BCUT2D eigenvalue weighted by atomic mass is 9.81. The minimum Gasteiger partial charge on any atom is -0.444 e. The first-order chi connectivity index (χ1) is 11.8. The number of carbonyl (C=O) groups is 1. The number of carbonyl (C=O) groups excluding carboxylic acids is 1. The summed E-state index contributed by atoms with van der Waals surface area (Å²) < 4.78 is 5.57. The number of benzene rings is 1. The molecule has 1 aromatic carbocycles. The third-order valence-electron chi connectivity index (χ3n) is 5.54. The Hall–Kier alpha value is -1.55. The van der Waals surface area contributed by atoms with Crippen LogP contribution in [0.1, 0.15) is 58.4 Å². The van der Waals surface area contributed by atoms with Gasteiger partial charge in [0.05, 0.1) is 0 Å². The smallest absolute Gasteiger partial charge is 0.410 e. The van der Waals surface area contributed by atoms with E-state index in [0.717, 1.165) is 19.4 Å². The summed E-state index contributed by atoms with van der Waals surface area (Å²) in [5.41, 5.74) is 0.952. The van der Waals surface area contributed by atoms with Crippen molar-refractivity contribution < 1.29 is 9.53 Å². The van der Waals surface area contributed by atoms with Gasteiger partial charge in [0.25, 0.3) is 0 Å². The number of amides is 1. The van der Waals surface area contributed by atoms with Crippen LogP contribution in [-0.4, -0.2) is 46.7 Å². The van der Waals surface area contributed by atoms with E-state index in [0.29, 0.717) is 12.1 Å². The van der Waals surface area contributed by atoms with E-state index in [-0.39, 0.29) is 12.1 Å². The van der Waals surface area contributed by atoms with Crippen LogP contribution in [0.15, 0.2) is 30.3 Å². The summed E-state index contributed by atoms with van der Waals surface area (Å²) in [6.45, 7) is 6.81. The van der Waals surface area contributed by atoms with Crippen molar-refractivity contribution in [2.24, 2.45) is 0 Å². The summed E-state index contributed by atoms with van der Waals surface area (Å²) in [7, 11) is 1.90. The minimum atomic E-state index is -0.435. The van der Waals surface area contributed by atoms with Crippen LogP contribution in [0.2, 0.25) is 0 Å². The van der Waals surface area contributed by atoms with Gasteiger partial charge in [-0.25, -0.2) is 4.79 Å². The Bertz CT molecular complexity index is 567. The van der Waals surface area contributed by atoms with E-state index in [1.165, 1.54) is 24.8 Å². The van der Waals surface area contributed by atoms with Gasteiger partial charge >= 0.3 is 6.09 Å². The fourth-order valence-electron chi connectivity index (χ4n) is 4.30. The average molecular weight is 344 g/mol. The van der Waals surface area contributed by atoms with Crippen LogP contribution in [0.3, 0.4) is 0 Å². The molecule has 138 valence electrons. The lowest BCUT2D eigenvalue weighted by Crippen LogP contribution is -2.57. The normalized spacial score (nSPS) is 27.0. The molecule has 25 heavy (non-hydrogen) atoms. The maximum Gasteiger partial charge on any atom is 0.410 e. The van der Waals surface area contributed by atoms with Gasteiger partial charge in [-0.2, -0.15) is 0 Å². The molecule has 2 bridgehead atoms. The van der Waals surface area contributed by atoms with Crippen molar-refractivity contribution in [2.45, 2.75) is 83.1 Å². The third-order valence-corrected chi connectivity index (χ3v) is 5.54. The van der Waals surface area contributed by atoms with Gasteiger partial charge in [-0.3, -0.25) is 4.90 Å². The lowest BCUT2D eigenvalue weighted by Gasteiger charge is -2.50. The van der Waals surface area contributed by atoms with Crippen LogP contribution in [-0.2, 0) is 11.3 Å². The molecule has 1 unspecified atom stereocenters. The molecule has 3 atom stereocenters. The molecule has 2 heterocycles. The molecule has 0 N–H and O–H groups in total. The van der Waals surface area contributed by atoms with E-state index >= 15 is 0 Å². The van der Waals surface area contributed by atoms with Crippen LogP contribution in [0.4, 0.5) is 4.79 Å². The van der Waals surface area contributed by atoms with Gasteiger partial charge in [0, 0.05) is 31.7 Å². The Labute approximate surface area is 152 Å². The van der Waals surface area contributed by atoms with Crippen LogP contribution < -0.4 is 0 Å². The molecule has 2 saturated heterocycles. The summed E-state index contributed by atoms with van der Waals surface area (Å²) >= 11 is 0. The topological polar surface area (TPSA) is 32.8 Å². The van der Waals surface area contributed by atoms with E-state index in [9.17, 15) is 4.79 Å². The number of fused-ring (bicyclic) bond motifs is 2.